The van der Waals surface area contributed by atoms with Crippen LogP contribution in [0.15, 0.2) is 29.2 Å². The van der Waals surface area contributed by atoms with Gasteiger partial charge < -0.3 is 5.11 Å². The quantitative estimate of drug-likeness (QED) is 0.861. The minimum Gasteiger partial charge on any atom is -0.383 e. The fraction of sp³-hybridized carbons (Fsp3) is 0.684. The van der Waals surface area contributed by atoms with Crippen molar-refractivity contribution < 1.29 is 22.3 Å². The second-order valence-corrected chi connectivity index (χ2v) is 10.7. The van der Waals surface area contributed by atoms with Gasteiger partial charge in [-0.1, -0.05) is 32.9 Å². The lowest BCUT2D eigenvalue weighted by molar-refractivity contribution is -0.194. The highest BCUT2D eigenvalue weighted by Gasteiger charge is 2.59. The van der Waals surface area contributed by atoms with Crippen LogP contribution in [0.2, 0.25) is 0 Å². The summed E-state index contributed by atoms with van der Waals surface area (Å²) in [5, 5.41) is 10.4. The van der Waals surface area contributed by atoms with Crippen LogP contribution in [0.1, 0.15) is 58.9 Å². The van der Waals surface area contributed by atoms with Crippen LogP contribution >= 0.6 is 0 Å². The predicted molar refractivity (Wildman–Crippen MR) is 95.8 cm³/mol. The zero-order chi connectivity index (χ0) is 19.5. The summed E-state index contributed by atoms with van der Waals surface area (Å²) in [5.74, 6) is -3.25. The molecule has 2 fully saturated rings. The Morgan fingerprint density at radius 1 is 1.04 bits per heavy atom. The van der Waals surface area contributed by atoms with Crippen LogP contribution in [0, 0.1) is 0 Å². The molecule has 0 radical (unpaired) electrons. The van der Waals surface area contributed by atoms with Crippen molar-refractivity contribution in [2.45, 2.75) is 87.3 Å². The largest absolute Gasteiger partial charge is 0.383 e. The van der Waals surface area contributed by atoms with Crippen molar-refractivity contribution in [1.29, 1.82) is 0 Å². The van der Waals surface area contributed by atoms with Crippen LogP contribution in [0.25, 0.3) is 0 Å². The van der Waals surface area contributed by atoms with Gasteiger partial charge in [0.15, 0.2) is 0 Å². The van der Waals surface area contributed by atoms with E-state index in [0.717, 1.165) is 5.56 Å². The number of benzene rings is 1. The highest BCUT2D eigenvalue weighted by atomic mass is 32.2. The molecule has 7 heteroatoms. The third-order valence-corrected chi connectivity index (χ3v) is 7.83. The molecule has 2 atom stereocenters. The maximum absolute atomic E-state index is 13.9. The Bertz CT molecular complexity index is 764. The van der Waals surface area contributed by atoms with Crippen LogP contribution in [0.5, 0.6) is 0 Å². The van der Waals surface area contributed by atoms with Gasteiger partial charge in [-0.15, -0.1) is 0 Å². The van der Waals surface area contributed by atoms with Crippen LogP contribution in [-0.4, -0.2) is 41.4 Å². The number of fused-ring (bicyclic) bond motifs is 2. The maximum atomic E-state index is 13.9. The number of nitrogens with zero attached hydrogens (tertiary/aromatic N) is 1. The number of aliphatic hydroxyl groups is 1. The third kappa shape index (κ3) is 3.18. The Balaban J connectivity index is 1.90. The number of alkyl halides is 2. The van der Waals surface area contributed by atoms with Gasteiger partial charge >= 0.3 is 0 Å². The molecule has 2 bridgehead atoms. The Morgan fingerprint density at radius 2 is 1.50 bits per heavy atom. The zero-order valence-electron chi connectivity index (χ0n) is 15.7. The van der Waals surface area contributed by atoms with Crippen molar-refractivity contribution in [3.05, 3.63) is 29.8 Å². The highest BCUT2D eigenvalue weighted by molar-refractivity contribution is 7.89. The molecular weight excluding hydrogens is 360 g/mol. The van der Waals surface area contributed by atoms with E-state index in [4.69, 9.17) is 0 Å². The van der Waals surface area contributed by atoms with Crippen LogP contribution in [0.4, 0.5) is 8.78 Å². The van der Waals surface area contributed by atoms with Gasteiger partial charge in [0.05, 0.1) is 4.90 Å². The Morgan fingerprint density at radius 3 is 1.88 bits per heavy atom. The highest BCUT2D eigenvalue weighted by Crippen LogP contribution is 2.49. The summed E-state index contributed by atoms with van der Waals surface area (Å²) in [4.78, 5) is 0.177. The van der Waals surface area contributed by atoms with E-state index >= 15 is 0 Å². The lowest BCUT2D eigenvalue weighted by Gasteiger charge is -2.45. The van der Waals surface area contributed by atoms with Gasteiger partial charge in [0, 0.05) is 19.0 Å². The van der Waals surface area contributed by atoms with E-state index in [2.05, 4.69) is 0 Å². The van der Waals surface area contributed by atoms with Gasteiger partial charge in [0.2, 0.25) is 10.0 Å². The fourth-order valence-electron chi connectivity index (χ4n) is 4.18. The number of hydrogen-bond donors (Lipinski definition) is 1. The topological polar surface area (TPSA) is 57.6 Å². The number of hydrogen-bond acceptors (Lipinski definition) is 3. The lowest BCUT2D eigenvalue weighted by Crippen LogP contribution is -2.59. The van der Waals surface area contributed by atoms with Gasteiger partial charge in [-0.2, -0.15) is 4.31 Å². The monoisotopic (exact) mass is 387 g/mol. The predicted octanol–water partition coefficient (Wildman–Crippen LogP) is 3.69. The van der Waals surface area contributed by atoms with Gasteiger partial charge in [-0.3, -0.25) is 0 Å². The number of piperidine rings is 1. The van der Waals surface area contributed by atoms with Gasteiger partial charge in [-0.25, -0.2) is 17.2 Å². The van der Waals surface area contributed by atoms with Gasteiger partial charge in [0.25, 0.3) is 5.92 Å². The minimum absolute atomic E-state index is 0.0877. The Kier molecular flexibility index (Phi) is 4.53. The molecule has 0 aromatic heterocycles. The lowest BCUT2D eigenvalue weighted by atomic mass is 9.83. The molecule has 3 rings (SSSR count). The van der Waals surface area contributed by atoms with Crippen molar-refractivity contribution in [1.82, 2.24) is 4.31 Å². The van der Waals surface area contributed by atoms with Crippen molar-refractivity contribution in [3.8, 4) is 0 Å². The first-order valence-electron chi connectivity index (χ1n) is 9.00. The molecule has 1 aromatic carbocycles. The molecule has 1 aromatic rings. The summed E-state index contributed by atoms with van der Waals surface area (Å²) in [6.45, 7) is 6.86. The summed E-state index contributed by atoms with van der Waals surface area (Å²) >= 11 is 0. The van der Waals surface area contributed by atoms with Crippen molar-refractivity contribution in [3.63, 3.8) is 0 Å². The van der Waals surface area contributed by atoms with E-state index < -0.39 is 33.6 Å². The van der Waals surface area contributed by atoms with Gasteiger partial charge in [0.1, 0.15) is 5.60 Å². The molecule has 2 saturated heterocycles. The summed E-state index contributed by atoms with van der Waals surface area (Å²) in [6.07, 6.45) is 0.545. The summed E-state index contributed by atoms with van der Waals surface area (Å²) in [7, 11) is -3.78. The summed E-state index contributed by atoms with van der Waals surface area (Å²) in [6, 6.07) is 5.61. The number of rotatable bonds is 3. The molecule has 0 saturated carbocycles. The molecule has 0 aliphatic carbocycles. The number of halogens is 2. The normalized spacial score (nSPS) is 30.6. The number of sulfonamides is 1. The van der Waals surface area contributed by atoms with Crippen molar-refractivity contribution in [2.75, 3.05) is 0 Å². The maximum Gasteiger partial charge on any atom is 0.273 e. The molecule has 0 spiro atoms. The minimum atomic E-state index is -3.78. The molecule has 2 unspecified atom stereocenters. The Labute approximate surface area is 154 Å². The van der Waals surface area contributed by atoms with E-state index in [1.54, 1.807) is 24.3 Å². The first-order valence-corrected chi connectivity index (χ1v) is 10.4. The second kappa shape index (κ2) is 5.97. The van der Waals surface area contributed by atoms with Crippen LogP contribution in [0.3, 0.4) is 0 Å². The molecule has 1 N–H and O–H groups in total. The molecule has 2 aliphatic heterocycles. The van der Waals surface area contributed by atoms with Crippen molar-refractivity contribution in [2.24, 2.45) is 0 Å². The van der Waals surface area contributed by atoms with Crippen LogP contribution in [-0.2, 0) is 15.4 Å². The van der Waals surface area contributed by atoms with E-state index in [1.807, 2.05) is 20.8 Å². The Hall–Kier alpha value is -1.05. The summed E-state index contributed by atoms with van der Waals surface area (Å²) < 4.78 is 55.3. The molecule has 0 amide bonds. The second-order valence-electron chi connectivity index (χ2n) is 8.82. The third-order valence-electron chi connectivity index (χ3n) is 5.81. The molecule has 146 valence electrons. The van der Waals surface area contributed by atoms with E-state index in [-0.39, 0.29) is 23.2 Å². The zero-order valence-corrected chi connectivity index (χ0v) is 16.5. The smallest absolute Gasteiger partial charge is 0.273 e. The van der Waals surface area contributed by atoms with E-state index in [0.29, 0.717) is 19.8 Å². The molecular formula is C19H27F2NO3S. The molecule has 2 aliphatic rings. The summed E-state index contributed by atoms with van der Waals surface area (Å²) in [5.41, 5.74) is -1.20. The first-order chi connectivity index (χ1) is 11.8. The van der Waals surface area contributed by atoms with Crippen molar-refractivity contribution >= 4 is 10.0 Å². The molecule has 4 nitrogen and oxygen atoms in total. The average Bonchev–Trinajstić information content (AvgIpc) is 2.79. The first kappa shape index (κ1) is 19.7. The standard InChI is InChI=1S/C19H27F2NO3S/c1-17(2,3)13-5-9-16(10-6-13)26(24,25)22-14-7-8-15(22)12-19(23,11-14)18(4,20)21/h5-6,9-10,14-15,23H,7-8,11-12H2,1-4H3. The van der Waals surface area contributed by atoms with Crippen LogP contribution < -0.4 is 0 Å². The average molecular weight is 387 g/mol. The van der Waals surface area contributed by atoms with E-state index in [1.165, 1.54) is 4.31 Å². The SMILES string of the molecule is CC(C)(C)c1ccc(S(=O)(=O)N2C3CCC2CC(O)(C(C)(F)F)C3)cc1. The fourth-order valence-corrected chi connectivity index (χ4v) is 6.05. The molecule has 2 heterocycles. The van der Waals surface area contributed by atoms with Gasteiger partial charge in [-0.05, 0) is 48.8 Å². The molecule has 26 heavy (non-hydrogen) atoms. The van der Waals surface area contributed by atoms with E-state index in [9.17, 15) is 22.3 Å².